The minimum absolute atomic E-state index is 0.136. The van der Waals surface area contributed by atoms with Gasteiger partial charge in [-0.15, -0.1) is 0 Å². The standard InChI is InChI=1S/C9H14O2/c1-7(2)9(10)6-8-4-3-5-11-8/h8H,1,3-6H2,2H3. The molecule has 62 valence electrons. The first-order valence-electron chi connectivity index (χ1n) is 4.00. The Morgan fingerprint density at radius 3 is 2.91 bits per heavy atom. The van der Waals surface area contributed by atoms with Crippen molar-refractivity contribution in [1.82, 2.24) is 0 Å². The minimum Gasteiger partial charge on any atom is -0.378 e. The van der Waals surface area contributed by atoms with E-state index in [1.807, 2.05) is 0 Å². The molecule has 1 unspecified atom stereocenters. The Morgan fingerprint density at radius 2 is 2.45 bits per heavy atom. The van der Waals surface area contributed by atoms with Gasteiger partial charge in [-0.05, 0) is 25.3 Å². The maximum absolute atomic E-state index is 11.1. The van der Waals surface area contributed by atoms with E-state index in [-0.39, 0.29) is 11.9 Å². The van der Waals surface area contributed by atoms with Gasteiger partial charge in [0.25, 0.3) is 0 Å². The van der Waals surface area contributed by atoms with Gasteiger partial charge in [0, 0.05) is 13.0 Å². The summed E-state index contributed by atoms with van der Waals surface area (Å²) in [6.45, 7) is 6.15. The number of hydrogen-bond donors (Lipinski definition) is 0. The lowest BCUT2D eigenvalue weighted by Crippen LogP contribution is -2.12. The third-order valence-corrected chi connectivity index (χ3v) is 1.91. The van der Waals surface area contributed by atoms with Gasteiger partial charge in [0.2, 0.25) is 0 Å². The smallest absolute Gasteiger partial charge is 0.160 e. The van der Waals surface area contributed by atoms with Gasteiger partial charge >= 0.3 is 0 Å². The molecule has 0 saturated carbocycles. The van der Waals surface area contributed by atoms with Gasteiger partial charge in [-0.2, -0.15) is 0 Å². The number of allylic oxidation sites excluding steroid dienone is 1. The lowest BCUT2D eigenvalue weighted by Gasteiger charge is -2.06. The van der Waals surface area contributed by atoms with Gasteiger partial charge in [-0.3, -0.25) is 4.79 Å². The van der Waals surface area contributed by atoms with Crippen molar-refractivity contribution in [2.45, 2.75) is 32.3 Å². The number of rotatable bonds is 3. The maximum Gasteiger partial charge on any atom is 0.160 e. The Balaban J connectivity index is 2.29. The van der Waals surface area contributed by atoms with Crippen molar-refractivity contribution in [3.63, 3.8) is 0 Å². The Bertz CT molecular complexity index is 166. The quantitative estimate of drug-likeness (QED) is 0.578. The Morgan fingerprint density at radius 1 is 1.73 bits per heavy atom. The van der Waals surface area contributed by atoms with E-state index < -0.39 is 0 Å². The highest BCUT2D eigenvalue weighted by atomic mass is 16.5. The largest absolute Gasteiger partial charge is 0.378 e. The van der Waals surface area contributed by atoms with Gasteiger partial charge in [-0.1, -0.05) is 6.58 Å². The first-order chi connectivity index (χ1) is 5.20. The fraction of sp³-hybridized carbons (Fsp3) is 0.667. The highest BCUT2D eigenvalue weighted by Gasteiger charge is 2.18. The molecule has 0 aromatic heterocycles. The van der Waals surface area contributed by atoms with Crippen molar-refractivity contribution in [1.29, 1.82) is 0 Å². The molecule has 2 heteroatoms. The molecule has 1 fully saturated rings. The Hall–Kier alpha value is -0.630. The van der Waals surface area contributed by atoms with Crippen LogP contribution in [0.5, 0.6) is 0 Å². The lowest BCUT2D eigenvalue weighted by atomic mass is 10.1. The summed E-state index contributed by atoms with van der Waals surface area (Å²) in [6.07, 6.45) is 2.81. The van der Waals surface area contributed by atoms with Crippen LogP contribution < -0.4 is 0 Å². The molecule has 11 heavy (non-hydrogen) atoms. The predicted octanol–water partition coefficient (Wildman–Crippen LogP) is 1.70. The molecule has 1 heterocycles. The zero-order chi connectivity index (χ0) is 8.27. The zero-order valence-corrected chi connectivity index (χ0v) is 6.93. The van der Waals surface area contributed by atoms with Gasteiger partial charge < -0.3 is 4.74 Å². The number of Topliss-reactive ketones (excluding diaryl/α,β-unsaturated/α-hetero) is 1. The third kappa shape index (κ3) is 2.46. The van der Waals surface area contributed by atoms with Crippen molar-refractivity contribution >= 4 is 5.78 Å². The highest BCUT2D eigenvalue weighted by Crippen LogP contribution is 2.16. The normalized spacial score (nSPS) is 23.5. The van der Waals surface area contributed by atoms with Gasteiger partial charge in [0.1, 0.15) is 0 Å². The minimum atomic E-state index is 0.136. The van der Waals surface area contributed by atoms with E-state index in [0.29, 0.717) is 12.0 Å². The molecule has 1 aliphatic rings. The number of carbonyl (C=O) groups is 1. The van der Waals surface area contributed by atoms with E-state index in [2.05, 4.69) is 6.58 Å². The summed E-state index contributed by atoms with van der Waals surface area (Å²) in [7, 11) is 0. The second-order valence-corrected chi connectivity index (χ2v) is 3.04. The molecule has 1 aliphatic heterocycles. The number of hydrogen-bond acceptors (Lipinski definition) is 2. The summed E-state index contributed by atoms with van der Waals surface area (Å²) >= 11 is 0. The van der Waals surface area contributed by atoms with Crippen molar-refractivity contribution in [2.75, 3.05) is 6.61 Å². The van der Waals surface area contributed by atoms with Crippen LogP contribution in [0.15, 0.2) is 12.2 Å². The molecule has 2 nitrogen and oxygen atoms in total. The summed E-state index contributed by atoms with van der Waals surface area (Å²) in [5, 5.41) is 0. The molecule has 1 saturated heterocycles. The van der Waals surface area contributed by atoms with Crippen LogP contribution in [0, 0.1) is 0 Å². The highest BCUT2D eigenvalue weighted by molar-refractivity contribution is 5.94. The number of ketones is 1. The molecular formula is C9H14O2. The molecule has 0 spiro atoms. The van der Waals surface area contributed by atoms with Crippen molar-refractivity contribution < 1.29 is 9.53 Å². The summed E-state index contributed by atoms with van der Waals surface area (Å²) in [6, 6.07) is 0. The van der Waals surface area contributed by atoms with E-state index >= 15 is 0 Å². The topological polar surface area (TPSA) is 26.3 Å². The summed E-state index contributed by atoms with van der Waals surface area (Å²) in [5.74, 6) is 0.136. The van der Waals surface area contributed by atoms with Crippen LogP contribution in [0.3, 0.4) is 0 Å². The van der Waals surface area contributed by atoms with Gasteiger partial charge in [0.05, 0.1) is 6.10 Å². The SMILES string of the molecule is C=C(C)C(=O)CC1CCCO1. The second kappa shape index (κ2) is 3.67. The molecule has 1 atom stereocenters. The van der Waals surface area contributed by atoms with Crippen LogP contribution in [0.4, 0.5) is 0 Å². The molecular weight excluding hydrogens is 140 g/mol. The van der Waals surface area contributed by atoms with Crippen LogP contribution in [-0.4, -0.2) is 18.5 Å². The average Bonchev–Trinajstić information content (AvgIpc) is 2.39. The van der Waals surface area contributed by atoms with Crippen molar-refractivity contribution in [3.05, 3.63) is 12.2 Å². The summed E-state index contributed by atoms with van der Waals surface area (Å²) in [5.41, 5.74) is 0.639. The van der Waals surface area contributed by atoms with Crippen LogP contribution in [0.25, 0.3) is 0 Å². The fourth-order valence-electron chi connectivity index (χ4n) is 1.19. The molecule has 0 amide bonds. The Kier molecular flexibility index (Phi) is 2.83. The molecule has 0 N–H and O–H groups in total. The molecule has 1 rings (SSSR count). The van der Waals surface area contributed by atoms with Crippen molar-refractivity contribution in [3.8, 4) is 0 Å². The van der Waals surface area contributed by atoms with E-state index in [0.717, 1.165) is 19.4 Å². The lowest BCUT2D eigenvalue weighted by molar-refractivity contribution is -0.117. The van der Waals surface area contributed by atoms with E-state index in [9.17, 15) is 4.79 Å². The fourth-order valence-corrected chi connectivity index (χ4v) is 1.19. The molecule has 0 aromatic carbocycles. The number of carbonyl (C=O) groups excluding carboxylic acids is 1. The van der Waals surface area contributed by atoms with Crippen LogP contribution in [0.1, 0.15) is 26.2 Å². The average molecular weight is 154 g/mol. The predicted molar refractivity (Wildman–Crippen MR) is 43.4 cm³/mol. The summed E-state index contributed by atoms with van der Waals surface area (Å²) in [4.78, 5) is 11.1. The van der Waals surface area contributed by atoms with Crippen LogP contribution in [0.2, 0.25) is 0 Å². The molecule has 0 aliphatic carbocycles. The molecule has 0 radical (unpaired) electrons. The Labute approximate surface area is 67.2 Å². The second-order valence-electron chi connectivity index (χ2n) is 3.04. The molecule has 0 aromatic rings. The van der Waals surface area contributed by atoms with Crippen molar-refractivity contribution in [2.24, 2.45) is 0 Å². The maximum atomic E-state index is 11.1. The van der Waals surface area contributed by atoms with Gasteiger partial charge in [0.15, 0.2) is 5.78 Å². The third-order valence-electron chi connectivity index (χ3n) is 1.91. The summed E-state index contributed by atoms with van der Waals surface area (Å²) < 4.78 is 5.31. The van der Waals surface area contributed by atoms with E-state index in [4.69, 9.17) is 4.74 Å². The monoisotopic (exact) mass is 154 g/mol. The van der Waals surface area contributed by atoms with Crippen LogP contribution in [-0.2, 0) is 9.53 Å². The van der Waals surface area contributed by atoms with E-state index in [1.165, 1.54) is 0 Å². The van der Waals surface area contributed by atoms with Crippen LogP contribution >= 0.6 is 0 Å². The van der Waals surface area contributed by atoms with E-state index in [1.54, 1.807) is 6.92 Å². The first kappa shape index (κ1) is 8.47. The molecule has 0 bridgehead atoms. The first-order valence-corrected chi connectivity index (χ1v) is 4.00. The number of ether oxygens (including phenoxy) is 1. The zero-order valence-electron chi connectivity index (χ0n) is 6.93. The van der Waals surface area contributed by atoms with Gasteiger partial charge in [-0.25, -0.2) is 0 Å².